The van der Waals surface area contributed by atoms with Crippen molar-refractivity contribution in [1.82, 2.24) is 14.9 Å². The third kappa shape index (κ3) is 4.29. The summed E-state index contributed by atoms with van der Waals surface area (Å²) in [6.07, 6.45) is 10.6. The summed E-state index contributed by atoms with van der Waals surface area (Å²) in [7, 11) is 0. The number of piperidine rings is 1. The molecule has 1 aromatic carbocycles. The number of rotatable bonds is 5. The van der Waals surface area contributed by atoms with E-state index in [2.05, 4.69) is 5.32 Å². The normalized spacial score (nSPS) is 29.2. The number of hydrogen-bond donors (Lipinski definition) is 2. The molecule has 3 heterocycles. The lowest BCUT2D eigenvalue weighted by Gasteiger charge is -2.56. The van der Waals surface area contributed by atoms with E-state index in [1.807, 2.05) is 4.90 Å². The maximum absolute atomic E-state index is 15.1. The van der Waals surface area contributed by atoms with Gasteiger partial charge in [-0.05, 0) is 99.8 Å². The number of nitrogens with zero attached hydrogens (tertiary/aromatic N) is 3. The number of pyridine rings is 2. The van der Waals surface area contributed by atoms with Gasteiger partial charge in [0.2, 0.25) is 5.43 Å². The second kappa shape index (κ2) is 9.65. The number of halogens is 2. The fourth-order valence-corrected chi connectivity index (χ4v) is 8.44. The molecule has 0 radical (unpaired) electrons. The van der Waals surface area contributed by atoms with Crippen LogP contribution in [0.1, 0.15) is 68.1 Å². The van der Waals surface area contributed by atoms with E-state index in [-0.39, 0.29) is 40.5 Å². The average molecular weight is 549 g/mol. The van der Waals surface area contributed by atoms with Crippen LogP contribution in [0.4, 0.5) is 14.6 Å². The van der Waals surface area contributed by atoms with Crippen molar-refractivity contribution < 1.29 is 18.7 Å². The number of carbonyl (C=O) groups is 1. The Kier molecular flexibility index (Phi) is 6.18. The summed E-state index contributed by atoms with van der Waals surface area (Å²) < 4.78 is 30.4. The molecule has 1 amide bonds. The number of anilines is 1. The smallest absolute Gasteiger partial charge is 0.257 e. The van der Waals surface area contributed by atoms with E-state index in [0.717, 1.165) is 50.7 Å². The molecule has 5 aliphatic rings. The third-order valence-electron chi connectivity index (χ3n) is 9.80. The van der Waals surface area contributed by atoms with Crippen LogP contribution in [0.25, 0.3) is 16.7 Å². The predicted molar refractivity (Wildman–Crippen MR) is 148 cm³/mol. The summed E-state index contributed by atoms with van der Waals surface area (Å²) in [4.78, 5) is 34.3. The number of hydrogen-bond acceptors (Lipinski definition) is 5. The molecule has 210 valence electrons. The highest BCUT2D eigenvalue weighted by Crippen LogP contribution is 2.55. The van der Waals surface area contributed by atoms with Gasteiger partial charge < -0.3 is 15.3 Å². The second-order valence-electron chi connectivity index (χ2n) is 12.6. The van der Waals surface area contributed by atoms with Gasteiger partial charge in [-0.2, -0.15) is 0 Å². The number of carbonyl (C=O) groups excluding carboxylic acids is 1. The summed E-state index contributed by atoms with van der Waals surface area (Å²) in [5, 5.41) is 13.4. The lowest BCUT2D eigenvalue weighted by atomic mass is 9.53. The highest BCUT2D eigenvalue weighted by molar-refractivity contribution is 5.97. The van der Waals surface area contributed by atoms with Gasteiger partial charge in [0.25, 0.3) is 5.91 Å². The quantitative estimate of drug-likeness (QED) is 0.482. The largest absolute Gasteiger partial charge is 0.394 e. The summed E-state index contributed by atoms with van der Waals surface area (Å²) >= 11 is 0. The van der Waals surface area contributed by atoms with E-state index in [1.165, 1.54) is 36.1 Å². The van der Waals surface area contributed by atoms with Gasteiger partial charge in [-0.3, -0.25) is 14.2 Å². The van der Waals surface area contributed by atoms with Crippen molar-refractivity contribution in [2.45, 2.75) is 69.4 Å². The van der Waals surface area contributed by atoms with E-state index < -0.39 is 23.0 Å². The van der Waals surface area contributed by atoms with Gasteiger partial charge in [0.1, 0.15) is 23.0 Å². The highest BCUT2D eigenvalue weighted by Gasteiger charge is 2.51. The van der Waals surface area contributed by atoms with Crippen molar-refractivity contribution >= 4 is 22.8 Å². The fourth-order valence-electron chi connectivity index (χ4n) is 8.44. The summed E-state index contributed by atoms with van der Waals surface area (Å²) in [5.41, 5.74) is -0.659. The molecule has 8 rings (SSSR count). The van der Waals surface area contributed by atoms with Crippen LogP contribution in [0.2, 0.25) is 0 Å². The lowest BCUT2D eigenvalue weighted by molar-refractivity contribution is -0.0167. The maximum atomic E-state index is 15.1. The molecule has 1 atom stereocenters. The standard InChI is InChI=1S/C31H34F2N4O3/c32-21-4-6-26(25(33)12-21)37-16-24(30(40)35-31-13-18-9-19(14-31)11-20(10-18)15-31)28(39)23-5-7-27(34-29(23)37)36-8-2-1-3-22(36)17-38/h4-7,12,16,18-20,22,38H,1-3,8-11,13-15,17H2,(H,35,40). The van der Waals surface area contributed by atoms with E-state index >= 15 is 4.39 Å². The molecule has 5 fully saturated rings. The first-order chi connectivity index (χ1) is 19.3. The van der Waals surface area contributed by atoms with Gasteiger partial charge in [-0.1, -0.05) is 0 Å². The van der Waals surface area contributed by atoms with Gasteiger partial charge in [-0.25, -0.2) is 13.8 Å². The van der Waals surface area contributed by atoms with Crippen molar-refractivity contribution in [3.8, 4) is 5.69 Å². The first-order valence-electron chi connectivity index (χ1n) is 14.5. The van der Waals surface area contributed by atoms with E-state index in [4.69, 9.17) is 4.98 Å². The number of fused-ring (bicyclic) bond motifs is 1. The van der Waals surface area contributed by atoms with Crippen LogP contribution >= 0.6 is 0 Å². The molecular weight excluding hydrogens is 514 g/mol. The molecular formula is C31H34F2N4O3. The highest BCUT2D eigenvalue weighted by atomic mass is 19.1. The fraction of sp³-hybridized carbons (Fsp3) is 0.516. The van der Waals surface area contributed by atoms with Crippen LogP contribution in [-0.2, 0) is 0 Å². The molecule has 4 saturated carbocycles. The zero-order chi connectivity index (χ0) is 27.6. The molecule has 2 N–H and O–H groups in total. The molecule has 2 aromatic heterocycles. The minimum Gasteiger partial charge on any atom is -0.394 e. The van der Waals surface area contributed by atoms with Crippen molar-refractivity contribution in [2.24, 2.45) is 17.8 Å². The number of aliphatic hydroxyl groups is 1. The van der Waals surface area contributed by atoms with E-state index in [1.54, 1.807) is 12.1 Å². The van der Waals surface area contributed by atoms with Crippen molar-refractivity contribution in [2.75, 3.05) is 18.1 Å². The van der Waals surface area contributed by atoms with Crippen LogP contribution in [0.15, 0.2) is 41.3 Å². The molecule has 3 aromatic rings. The molecule has 7 nitrogen and oxygen atoms in total. The Morgan fingerprint density at radius 3 is 2.45 bits per heavy atom. The average Bonchev–Trinajstić information content (AvgIpc) is 2.92. The molecule has 1 unspecified atom stereocenters. The summed E-state index contributed by atoms with van der Waals surface area (Å²) in [6.45, 7) is 0.674. The van der Waals surface area contributed by atoms with Crippen molar-refractivity contribution in [3.05, 3.63) is 63.9 Å². The van der Waals surface area contributed by atoms with Crippen molar-refractivity contribution in [3.63, 3.8) is 0 Å². The molecule has 9 heteroatoms. The van der Waals surface area contributed by atoms with Gasteiger partial charge in [0.15, 0.2) is 5.65 Å². The zero-order valence-electron chi connectivity index (χ0n) is 22.4. The van der Waals surface area contributed by atoms with Crippen LogP contribution in [-0.4, -0.2) is 45.3 Å². The van der Waals surface area contributed by atoms with Gasteiger partial charge in [-0.15, -0.1) is 0 Å². The van der Waals surface area contributed by atoms with Gasteiger partial charge in [0, 0.05) is 24.3 Å². The molecule has 1 saturated heterocycles. The van der Waals surface area contributed by atoms with Crippen LogP contribution < -0.4 is 15.6 Å². The minimum atomic E-state index is -0.823. The summed E-state index contributed by atoms with van der Waals surface area (Å²) in [6, 6.07) is 6.47. The Balaban J connectivity index is 1.34. The predicted octanol–water partition coefficient (Wildman–Crippen LogP) is 4.71. The Labute approximate surface area is 231 Å². The minimum absolute atomic E-state index is 0.00254. The van der Waals surface area contributed by atoms with Crippen LogP contribution in [0.5, 0.6) is 0 Å². The Morgan fingerprint density at radius 1 is 1.05 bits per heavy atom. The topological polar surface area (TPSA) is 87.5 Å². The summed E-state index contributed by atoms with van der Waals surface area (Å²) in [5.74, 6) is 0.419. The number of nitrogens with one attached hydrogen (secondary N) is 1. The zero-order valence-corrected chi connectivity index (χ0v) is 22.4. The van der Waals surface area contributed by atoms with Gasteiger partial charge in [0.05, 0.1) is 23.7 Å². The van der Waals surface area contributed by atoms with Gasteiger partial charge >= 0.3 is 0 Å². The number of benzene rings is 1. The number of aromatic nitrogens is 2. The number of aliphatic hydroxyl groups excluding tert-OH is 1. The first kappa shape index (κ1) is 25.6. The second-order valence-corrected chi connectivity index (χ2v) is 12.6. The lowest BCUT2D eigenvalue weighted by Crippen LogP contribution is -2.60. The van der Waals surface area contributed by atoms with Crippen LogP contribution in [0, 0.1) is 29.4 Å². The molecule has 1 aliphatic heterocycles. The first-order valence-corrected chi connectivity index (χ1v) is 14.5. The Bertz CT molecular complexity index is 1520. The molecule has 4 bridgehead atoms. The molecule has 4 aliphatic carbocycles. The SMILES string of the molecule is O=C(NC12CC3CC(CC(C3)C1)C2)c1cn(-c2ccc(F)cc2F)c2nc(N3CCCCC3CO)ccc2c1=O. The van der Waals surface area contributed by atoms with E-state index in [9.17, 15) is 19.1 Å². The van der Waals surface area contributed by atoms with Crippen molar-refractivity contribution in [1.29, 1.82) is 0 Å². The molecule has 40 heavy (non-hydrogen) atoms. The Morgan fingerprint density at radius 2 is 1.77 bits per heavy atom. The molecule has 0 spiro atoms. The Hall–Kier alpha value is -3.33. The monoisotopic (exact) mass is 548 g/mol. The maximum Gasteiger partial charge on any atom is 0.257 e. The third-order valence-corrected chi connectivity index (χ3v) is 9.80. The van der Waals surface area contributed by atoms with Crippen LogP contribution in [0.3, 0.4) is 0 Å². The van der Waals surface area contributed by atoms with E-state index in [0.29, 0.717) is 30.1 Å². The number of amides is 1.